The van der Waals surface area contributed by atoms with Gasteiger partial charge in [0.1, 0.15) is 0 Å². The third-order valence-corrected chi connectivity index (χ3v) is 5.48. The topological polar surface area (TPSA) is 65.9 Å². The van der Waals surface area contributed by atoms with Gasteiger partial charge in [0.15, 0.2) is 5.96 Å². The van der Waals surface area contributed by atoms with E-state index in [-0.39, 0.29) is 12.0 Å². The molecule has 2 heterocycles. The smallest absolute Gasteiger partial charge is 0.191 e. The molecule has 0 spiro atoms. The lowest BCUT2D eigenvalue weighted by Crippen LogP contribution is -2.44. The highest BCUT2D eigenvalue weighted by Crippen LogP contribution is 2.31. The highest BCUT2D eigenvalue weighted by Gasteiger charge is 2.34. The number of nitrogens with one attached hydrogen (secondary N) is 2. The van der Waals surface area contributed by atoms with Crippen LogP contribution in [0.25, 0.3) is 0 Å². The van der Waals surface area contributed by atoms with Crippen LogP contribution in [0.5, 0.6) is 0 Å². The molecule has 0 amide bonds. The number of hydrogen-bond donors (Lipinski definition) is 3. The monoisotopic (exact) mass is 339 g/mol. The van der Waals surface area contributed by atoms with Crippen molar-refractivity contribution in [2.75, 3.05) is 32.9 Å². The number of aliphatic hydroxyl groups excluding tert-OH is 1. The third kappa shape index (κ3) is 5.48. The summed E-state index contributed by atoms with van der Waals surface area (Å²) in [5.74, 6) is 0.836. The van der Waals surface area contributed by atoms with Crippen LogP contribution in [-0.2, 0) is 17.7 Å². The fraction of sp³-hybridized carbons (Fsp3) is 0.706. The molecular weight excluding hydrogens is 310 g/mol. The minimum absolute atomic E-state index is 0.0310. The predicted octanol–water partition coefficient (Wildman–Crippen LogP) is 2.15. The number of aliphatic imine (C=N–C) groups is 1. The van der Waals surface area contributed by atoms with Crippen molar-refractivity contribution in [3.8, 4) is 0 Å². The number of ether oxygens (including phenoxy) is 1. The van der Waals surface area contributed by atoms with Crippen LogP contribution in [0.4, 0.5) is 0 Å². The molecule has 3 N–H and O–H groups in total. The zero-order valence-electron chi connectivity index (χ0n) is 14.2. The fourth-order valence-corrected chi connectivity index (χ4v) is 3.66. The van der Waals surface area contributed by atoms with Gasteiger partial charge in [0.25, 0.3) is 0 Å². The van der Waals surface area contributed by atoms with E-state index in [4.69, 9.17) is 4.74 Å². The Morgan fingerprint density at radius 3 is 2.78 bits per heavy atom. The van der Waals surface area contributed by atoms with E-state index in [9.17, 15) is 5.11 Å². The number of nitrogens with zero attached hydrogens (tertiary/aromatic N) is 1. The average molecular weight is 340 g/mol. The van der Waals surface area contributed by atoms with Gasteiger partial charge in [0.2, 0.25) is 0 Å². The minimum atomic E-state index is 0.0310. The number of aryl methyl sites for hydroxylation is 1. The summed E-state index contributed by atoms with van der Waals surface area (Å²) in [6.07, 6.45) is 2.84. The van der Waals surface area contributed by atoms with E-state index >= 15 is 0 Å². The maximum absolute atomic E-state index is 9.31. The van der Waals surface area contributed by atoms with E-state index < -0.39 is 0 Å². The predicted molar refractivity (Wildman–Crippen MR) is 96.1 cm³/mol. The van der Waals surface area contributed by atoms with Crippen LogP contribution in [0.2, 0.25) is 0 Å². The molecule has 1 aliphatic heterocycles. The second-order valence-electron chi connectivity index (χ2n) is 6.05. The number of guanidine groups is 1. The molecule has 0 radical (unpaired) electrons. The Labute approximate surface area is 143 Å². The molecule has 1 aromatic rings. The fourth-order valence-electron chi connectivity index (χ4n) is 2.78. The van der Waals surface area contributed by atoms with Crippen molar-refractivity contribution in [1.29, 1.82) is 0 Å². The van der Waals surface area contributed by atoms with Crippen LogP contribution in [0.1, 0.15) is 36.4 Å². The Balaban J connectivity index is 1.92. The van der Waals surface area contributed by atoms with Crippen LogP contribution in [0.3, 0.4) is 0 Å². The number of hydrogen-bond acceptors (Lipinski definition) is 4. The third-order valence-electron chi connectivity index (χ3n) is 4.26. The molecule has 1 aliphatic rings. The second-order valence-corrected chi connectivity index (χ2v) is 7.30. The minimum Gasteiger partial charge on any atom is -0.396 e. The highest BCUT2D eigenvalue weighted by molar-refractivity contribution is 7.11. The Morgan fingerprint density at radius 2 is 2.17 bits per heavy atom. The first-order valence-electron chi connectivity index (χ1n) is 8.49. The quantitative estimate of drug-likeness (QED) is 0.502. The normalized spacial score (nSPS) is 21.6. The van der Waals surface area contributed by atoms with E-state index in [1.807, 2.05) is 11.3 Å². The number of aliphatic hydroxyl groups is 1. The lowest BCUT2D eigenvalue weighted by Gasteiger charge is -2.27. The van der Waals surface area contributed by atoms with E-state index in [0.29, 0.717) is 13.2 Å². The van der Waals surface area contributed by atoms with Gasteiger partial charge in [-0.2, -0.15) is 0 Å². The molecule has 130 valence electrons. The van der Waals surface area contributed by atoms with Gasteiger partial charge in [0, 0.05) is 41.5 Å². The van der Waals surface area contributed by atoms with Crippen molar-refractivity contribution in [1.82, 2.24) is 10.6 Å². The molecule has 0 aromatic carbocycles. The van der Waals surface area contributed by atoms with Gasteiger partial charge >= 0.3 is 0 Å². The molecule has 1 unspecified atom stereocenters. The molecule has 0 bridgehead atoms. The molecule has 0 aliphatic carbocycles. The first-order valence-corrected chi connectivity index (χ1v) is 9.31. The molecule has 5 nitrogen and oxygen atoms in total. The van der Waals surface area contributed by atoms with Gasteiger partial charge in [0.05, 0.1) is 13.2 Å². The van der Waals surface area contributed by atoms with Crippen molar-refractivity contribution in [3.05, 3.63) is 21.9 Å². The van der Waals surface area contributed by atoms with Gasteiger partial charge in [-0.3, -0.25) is 0 Å². The van der Waals surface area contributed by atoms with Gasteiger partial charge in [-0.05, 0) is 38.3 Å². The summed E-state index contributed by atoms with van der Waals surface area (Å²) in [7, 11) is 0. The summed E-state index contributed by atoms with van der Waals surface area (Å²) in [5.41, 5.74) is 0.0310. The summed E-state index contributed by atoms with van der Waals surface area (Å²) in [6.45, 7) is 8.25. The van der Waals surface area contributed by atoms with E-state index in [1.165, 1.54) is 9.75 Å². The maximum atomic E-state index is 9.31. The first-order chi connectivity index (χ1) is 11.2. The van der Waals surface area contributed by atoms with Crippen LogP contribution in [0, 0.1) is 5.41 Å². The Kier molecular flexibility index (Phi) is 7.33. The van der Waals surface area contributed by atoms with Crippen LogP contribution >= 0.6 is 11.3 Å². The Morgan fingerprint density at radius 1 is 1.35 bits per heavy atom. The number of thiophene rings is 1. The molecule has 1 fully saturated rings. The van der Waals surface area contributed by atoms with Gasteiger partial charge in [-0.1, -0.05) is 6.92 Å². The van der Waals surface area contributed by atoms with Gasteiger partial charge in [-0.25, -0.2) is 4.99 Å². The maximum Gasteiger partial charge on any atom is 0.191 e. The van der Waals surface area contributed by atoms with E-state index in [1.54, 1.807) is 0 Å². The van der Waals surface area contributed by atoms with Gasteiger partial charge < -0.3 is 20.5 Å². The summed E-state index contributed by atoms with van der Waals surface area (Å²) in [6, 6.07) is 4.34. The summed E-state index contributed by atoms with van der Waals surface area (Å²) in [4.78, 5) is 7.37. The molecule has 0 saturated carbocycles. The second kappa shape index (κ2) is 9.25. The van der Waals surface area contributed by atoms with Crippen molar-refractivity contribution in [3.63, 3.8) is 0 Å². The molecule has 1 atom stereocenters. The molecule has 1 saturated heterocycles. The zero-order valence-corrected chi connectivity index (χ0v) is 15.0. The molecule has 2 rings (SSSR count). The Bertz CT molecular complexity index is 496. The molecule has 1 aromatic heterocycles. The van der Waals surface area contributed by atoms with Crippen LogP contribution in [-0.4, -0.2) is 44.0 Å². The van der Waals surface area contributed by atoms with E-state index in [0.717, 1.165) is 44.9 Å². The van der Waals surface area contributed by atoms with Crippen LogP contribution in [0.15, 0.2) is 17.1 Å². The summed E-state index contributed by atoms with van der Waals surface area (Å²) < 4.78 is 5.54. The van der Waals surface area contributed by atoms with Crippen molar-refractivity contribution in [2.24, 2.45) is 10.4 Å². The van der Waals surface area contributed by atoms with Crippen molar-refractivity contribution >= 4 is 17.3 Å². The van der Waals surface area contributed by atoms with Crippen LogP contribution < -0.4 is 10.6 Å². The average Bonchev–Trinajstić information content (AvgIpc) is 3.20. The SMILES string of the molecule is CCNC(=NCc1ccc(CC)s1)NCC1(CCO)CCOC1. The number of rotatable bonds is 8. The van der Waals surface area contributed by atoms with Gasteiger partial charge in [-0.15, -0.1) is 11.3 Å². The molecule has 6 heteroatoms. The summed E-state index contributed by atoms with van der Waals surface area (Å²) >= 11 is 1.83. The zero-order chi connectivity index (χ0) is 16.5. The van der Waals surface area contributed by atoms with E-state index in [2.05, 4.69) is 41.6 Å². The molecule has 23 heavy (non-hydrogen) atoms. The Hall–Kier alpha value is -1.11. The molecular formula is C17H29N3O2S. The van der Waals surface area contributed by atoms with Crippen molar-refractivity contribution in [2.45, 2.75) is 39.7 Å². The lowest BCUT2D eigenvalue weighted by atomic mass is 9.84. The highest BCUT2D eigenvalue weighted by atomic mass is 32.1. The largest absolute Gasteiger partial charge is 0.396 e. The standard InChI is InChI=1S/C17H29N3O2S/c1-3-14-5-6-15(23-14)11-19-16(18-4-2)20-12-17(7-9-21)8-10-22-13-17/h5-6,21H,3-4,7-13H2,1-2H3,(H2,18,19,20). The first kappa shape index (κ1) is 18.2. The summed E-state index contributed by atoms with van der Waals surface area (Å²) in [5, 5.41) is 16.0. The lowest BCUT2D eigenvalue weighted by molar-refractivity contribution is 0.127. The van der Waals surface area contributed by atoms with Crippen molar-refractivity contribution < 1.29 is 9.84 Å².